The number of esters is 1. The first-order valence-electron chi connectivity index (χ1n) is 5.83. The minimum Gasteiger partial charge on any atom is -0.453 e. The third-order valence-electron chi connectivity index (χ3n) is 2.65. The largest absolute Gasteiger partial charge is 0.453 e. The summed E-state index contributed by atoms with van der Waals surface area (Å²) in [7, 11) is 0. The summed E-state index contributed by atoms with van der Waals surface area (Å²) in [6.07, 6.45) is 5.26. The summed E-state index contributed by atoms with van der Waals surface area (Å²) >= 11 is 0. The van der Waals surface area contributed by atoms with Crippen molar-refractivity contribution in [2.45, 2.75) is 38.1 Å². The monoisotopic (exact) mass is 240 g/mol. The Kier molecular flexibility index (Phi) is 5.38. The molecule has 1 unspecified atom stereocenters. The number of hydrogen-bond donors (Lipinski definition) is 0. The first kappa shape index (κ1) is 13.9. The molecule has 1 rings (SSSR count). The molecule has 0 amide bonds. The molecule has 4 nitrogen and oxygen atoms in total. The molecule has 0 saturated carbocycles. The topological polar surface area (TPSA) is 44.8 Å². The highest BCUT2D eigenvalue weighted by Crippen LogP contribution is 2.32. The lowest BCUT2D eigenvalue weighted by atomic mass is 9.99. The molecule has 1 aliphatic heterocycles. The third kappa shape index (κ3) is 3.68. The Morgan fingerprint density at radius 2 is 2.29 bits per heavy atom. The van der Waals surface area contributed by atoms with E-state index in [1.807, 2.05) is 0 Å². The predicted octanol–water partition coefficient (Wildman–Crippen LogP) is 2.20. The molecule has 0 bridgehead atoms. The van der Waals surface area contributed by atoms with E-state index in [4.69, 9.17) is 14.2 Å². The van der Waals surface area contributed by atoms with Crippen LogP contribution in [0.2, 0.25) is 0 Å². The Bertz CT molecular complexity index is 279. The number of carbonyl (C=O) groups is 1. The first-order valence-corrected chi connectivity index (χ1v) is 5.83. The molecule has 0 aliphatic carbocycles. The molecule has 96 valence electrons. The fraction of sp³-hybridized carbons (Fsp3) is 0.615. The maximum atomic E-state index is 11.1. The predicted molar refractivity (Wildman–Crippen MR) is 64.4 cm³/mol. The number of carbonyl (C=O) groups excluding carboxylic acids is 1. The number of hydrogen-bond acceptors (Lipinski definition) is 4. The summed E-state index contributed by atoms with van der Waals surface area (Å²) < 4.78 is 16.6. The van der Waals surface area contributed by atoms with Gasteiger partial charge in [0.1, 0.15) is 0 Å². The Balaban J connectivity index is 2.80. The van der Waals surface area contributed by atoms with Crippen molar-refractivity contribution in [2.75, 3.05) is 13.2 Å². The second-order valence-electron chi connectivity index (χ2n) is 3.98. The van der Waals surface area contributed by atoms with Gasteiger partial charge in [0, 0.05) is 13.3 Å². The van der Waals surface area contributed by atoms with Crippen LogP contribution in [0, 0.1) is 0 Å². The lowest BCUT2D eigenvalue weighted by Gasteiger charge is -2.40. The second-order valence-corrected chi connectivity index (χ2v) is 3.98. The van der Waals surface area contributed by atoms with Crippen molar-refractivity contribution in [2.24, 2.45) is 0 Å². The quantitative estimate of drug-likeness (QED) is 0.527. The van der Waals surface area contributed by atoms with Gasteiger partial charge in [0.05, 0.1) is 13.2 Å². The summed E-state index contributed by atoms with van der Waals surface area (Å²) in [5.74, 6) is -1.27. The highest BCUT2D eigenvalue weighted by molar-refractivity contribution is 5.66. The Labute approximate surface area is 102 Å². The summed E-state index contributed by atoms with van der Waals surface area (Å²) in [6.45, 7) is 9.60. The molecule has 1 aliphatic rings. The second kappa shape index (κ2) is 6.57. The minimum absolute atomic E-state index is 0.353. The van der Waals surface area contributed by atoms with Crippen LogP contribution in [0.3, 0.4) is 0 Å². The molecule has 1 heterocycles. The van der Waals surface area contributed by atoms with E-state index in [0.717, 1.165) is 12.8 Å². The molecule has 4 heteroatoms. The highest BCUT2D eigenvalue weighted by atomic mass is 16.7. The van der Waals surface area contributed by atoms with Crippen molar-refractivity contribution in [1.82, 2.24) is 0 Å². The van der Waals surface area contributed by atoms with Gasteiger partial charge in [0.2, 0.25) is 5.79 Å². The average molecular weight is 240 g/mol. The summed E-state index contributed by atoms with van der Waals surface area (Å²) in [5.41, 5.74) is 0. The normalized spacial score (nSPS) is 25.9. The molecule has 0 aromatic carbocycles. The summed E-state index contributed by atoms with van der Waals surface area (Å²) in [4.78, 5) is 11.1. The van der Waals surface area contributed by atoms with Gasteiger partial charge >= 0.3 is 5.97 Å². The van der Waals surface area contributed by atoms with Gasteiger partial charge in [-0.3, -0.25) is 4.79 Å². The summed E-state index contributed by atoms with van der Waals surface area (Å²) in [5, 5.41) is 0. The van der Waals surface area contributed by atoms with Gasteiger partial charge in [-0.15, -0.1) is 6.58 Å². The minimum atomic E-state index is -0.903. The van der Waals surface area contributed by atoms with Gasteiger partial charge in [-0.1, -0.05) is 12.7 Å². The van der Waals surface area contributed by atoms with Crippen molar-refractivity contribution in [1.29, 1.82) is 0 Å². The van der Waals surface area contributed by atoms with Crippen LogP contribution in [0.15, 0.2) is 25.3 Å². The third-order valence-corrected chi connectivity index (χ3v) is 2.65. The lowest BCUT2D eigenvalue weighted by Crippen LogP contribution is -2.50. The maximum absolute atomic E-state index is 11.1. The molecule has 17 heavy (non-hydrogen) atoms. The zero-order valence-electron chi connectivity index (χ0n) is 10.3. The fourth-order valence-corrected chi connectivity index (χ4v) is 1.91. The van der Waals surface area contributed by atoms with Crippen molar-refractivity contribution < 1.29 is 19.0 Å². The SMILES string of the molecule is C=CCOC1([C@@H](C=C)OC(C)=O)CCCCO1. The number of rotatable bonds is 6. The van der Waals surface area contributed by atoms with Crippen LogP contribution in [-0.4, -0.2) is 31.1 Å². The van der Waals surface area contributed by atoms with Crippen LogP contribution in [0.5, 0.6) is 0 Å². The van der Waals surface area contributed by atoms with Gasteiger partial charge in [-0.25, -0.2) is 0 Å². The average Bonchev–Trinajstić information content (AvgIpc) is 2.34. The lowest BCUT2D eigenvalue weighted by molar-refractivity contribution is -0.287. The maximum Gasteiger partial charge on any atom is 0.303 e. The zero-order valence-corrected chi connectivity index (χ0v) is 10.3. The van der Waals surface area contributed by atoms with Crippen molar-refractivity contribution in [3.05, 3.63) is 25.3 Å². The van der Waals surface area contributed by atoms with E-state index >= 15 is 0 Å². The van der Waals surface area contributed by atoms with Gasteiger partial charge in [0.15, 0.2) is 6.10 Å². The van der Waals surface area contributed by atoms with E-state index in [1.54, 1.807) is 12.2 Å². The molecule has 2 atom stereocenters. The van der Waals surface area contributed by atoms with Crippen LogP contribution in [-0.2, 0) is 19.0 Å². The van der Waals surface area contributed by atoms with Gasteiger partial charge < -0.3 is 14.2 Å². The molecule has 0 radical (unpaired) electrons. The van der Waals surface area contributed by atoms with E-state index in [2.05, 4.69) is 13.2 Å². The van der Waals surface area contributed by atoms with Gasteiger partial charge in [-0.05, 0) is 18.9 Å². The van der Waals surface area contributed by atoms with E-state index in [0.29, 0.717) is 19.6 Å². The Morgan fingerprint density at radius 3 is 2.76 bits per heavy atom. The fourth-order valence-electron chi connectivity index (χ4n) is 1.91. The van der Waals surface area contributed by atoms with Crippen molar-refractivity contribution in [3.8, 4) is 0 Å². The molecule has 1 saturated heterocycles. The molecule has 0 N–H and O–H groups in total. The van der Waals surface area contributed by atoms with Crippen molar-refractivity contribution >= 4 is 5.97 Å². The van der Waals surface area contributed by atoms with Crippen molar-refractivity contribution in [3.63, 3.8) is 0 Å². The Morgan fingerprint density at radius 1 is 1.53 bits per heavy atom. The van der Waals surface area contributed by atoms with Crippen LogP contribution < -0.4 is 0 Å². The number of ether oxygens (including phenoxy) is 3. The first-order chi connectivity index (χ1) is 8.14. The van der Waals surface area contributed by atoms with E-state index in [1.165, 1.54) is 6.92 Å². The molecule has 0 spiro atoms. The zero-order chi connectivity index (χ0) is 12.7. The smallest absolute Gasteiger partial charge is 0.303 e. The molecular formula is C13H20O4. The molecule has 0 aromatic rings. The Hall–Kier alpha value is -1.13. The van der Waals surface area contributed by atoms with E-state index in [9.17, 15) is 4.79 Å². The standard InChI is InChI=1S/C13H20O4/c1-4-9-15-13(8-6-7-10-16-13)12(5-2)17-11(3)14/h4-5,12H,1-2,6-10H2,3H3/t12-,13?/m1/s1. The van der Waals surface area contributed by atoms with Crippen LogP contribution >= 0.6 is 0 Å². The molecule has 1 fully saturated rings. The van der Waals surface area contributed by atoms with E-state index < -0.39 is 11.9 Å². The highest BCUT2D eigenvalue weighted by Gasteiger charge is 2.43. The van der Waals surface area contributed by atoms with Gasteiger partial charge in [-0.2, -0.15) is 0 Å². The van der Waals surface area contributed by atoms with E-state index in [-0.39, 0.29) is 5.97 Å². The van der Waals surface area contributed by atoms with Crippen LogP contribution in [0.25, 0.3) is 0 Å². The summed E-state index contributed by atoms with van der Waals surface area (Å²) in [6, 6.07) is 0. The van der Waals surface area contributed by atoms with Crippen LogP contribution in [0.4, 0.5) is 0 Å². The van der Waals surface area contributed by atoms with Crippen LogP contribution in [0.1, 0.15) is 26.2 Å². The molecular weight excluding hydrogens is 220 g/mol. The molecule has 0 aromatic heterocycles. The van der Waals surface area contributed by atoms with Gasteiger partial charge in [0.25, 0.3) is 0 Å².